The van der Waals surface area contributed by atoms with E-state index in [2.05, 4.69) is 27.7 Å². The second-order valence-corrected chi connectivity index (χ2v) is 5.46. The molecule has 1 atom stereocenters. The average Bonchev–Trinajstić information content (AvgIpc) is 2.27. The number of phenolic OH excluding ortho intramolecular Hbond substituents is 1. The van der Waals surface area contributed by atoms with Crippen LogP contribution in [0.15, 0.2) is 24.3 Å². The standard InChI is InChI=1S/C15H24O/c1-5-12(2)15(3,4)11-10-13-6-8-14(16)9-7-13/h6-9,12,16H,5,10-11H2,1-4H3. The van der Waals surface area contributed by atoms with Gasteiger partial charge < -0.3 is 5.11 Å². The zero-order valence-corrected chi connectivity index (χ0v) is 11.0. The topological polar surface area (TPSA) is 20.2 Å². The lowest BCUT2D eigenvalue weighted by atomic mass is 9.74. The van der Waals surface area contributed by atoms with Crippen molar-refractivity contribution in [3.63, 3.8) is 0 Å². The normalized spacial score (nSPS) is 13.8. The van der Waals surface area contributed by atoms with Crippen molar-refractivity contribution >= 4 is 0 Å². The van der Waals surface area contributed by atoms with Crippen LogP contribution in [0.2, 0.25) is 0 Å². The first-order valence-electron chi connectivity index (χ1n) is 6.23. The number of aromatic hydroxyl groups is 1. The van der Waals surface area contributed by atoms with Gasteiger partial charge in [-0.15, -0.1) is 0 Å². The van der Waals surface area contributed by atoms with Crippen LogP contribution < -0.4 is 0 Å². The Morgan fingerprint density at radius 1 is 1.19 bits per heavy atom. The minimum absolute atomic E-state index is 0.352. The minimum atomic E-state index is 0.352. The Labute approximate surface area is 99.5 Å². The molecule has 16 heavy (non-hydrogen) atoms. The Hall–Kier alpha value is -0.980. The van der Waals surface area contributed by atoms with E-state index in [0.717, 1.165) is 12.3 Å². The molecule has 0 spiro atoms. The molecule has 1 aromatic carbocycles. The van der Waals surface area contributed by atoms with E-state index in [4.69, 9.17) is 0 Å². The van der Waals surface area contributed by atoms with E-state index in [9.17, 15) is 5.11 Å². The summed E-state index contributed by atoms with van der Waals surface area (Å²) in [7, 11) is 0. The van der Waals surface area contributed by atoms with E-state index in [0.29, 0.717) is 11.2 Å². The van der Waals surface area contributed by atoms with Gasteiger partial charge in [0.05, 0.1) is 0 Å². The molecule has 90 valence electrons. The molecule has 0 aliphatic carbocycles. The van der Waals surface area contributed by atoms with Gasteiger partial charge in [0, 0.05) is 0 Å². The Morgan fingerprint density at radius 2 is 1.75 bits per heavy atom. The molecule has 0 aromatic heterocycles. The highest BCUT2D eigenvalue weighted by atomic mass is 16.3. The van der Waals surface area contributed by atoms with Gasteiger partial charge in [-0.2, -0.15) is 0 Å². The third-order valence-corrected chi connectivity index (χ3v) is 3.94. The predicted octanol–water partition coefficient (Wildman–Crippen LogP) is 4.40. The fraction of sp³-hybridized carbons (Fsp3) is 0.600. The van der Waals surface area contributed by atoms with Gasteiger partial charge in [0.2, 0.25) is 0 Å². The molecule has 1 aromatic rings. The van der Waals surface area contributed by atoms with Gasteiger partial charge in [-0.05, 0) is 41.9 Å². The zero-order chi connectivity index (χ0) is 12.2. The van der Waals surface area contributed by atoms with Crippen molar-refractivity contribution in [2.24, 2.45) is 11.3 Å². The summed E-state index contributed by atoms with van der Waals surface area (Å²) in [5.74, 6) is 1.11. The number of hydrogen-bond acceptors (Lipinski definition) is 1. The minimum Gasteiger partial charge on any atom is -0.508 e. The van der Waals surface area contributed by atoms with Gasteiger partial charge in [-0.3, -0.25) is 0 Å². The van der Waals surface area contributed by atoms with Crippen LogP contribution in [-0.2, 0) is 6.42 Å². The van der Waals surface area contributed by atoms with Crippen LogP contribution in [-0.4, -0.2) is 5.11 Å². The van der Waals surface area contributed by atoms with Crippen molar-refractivity contribution in [2.45, 2.75) is 47.0 Å². The maximum absolute atomic E-state index is 9.21. The fourth-order valence-electron chi connectivity index (χ4n) is 1.93. The molecule has 1 nitrogen and oxygen atoms in total. The summed E-state index contributed by atoms with van der Waals surface area (Å²) in [6, 6.07) is 7.57. The molecule has 1 rings (SSSR count). The molecular formula is C15H24O. The van der Waals surface area contributed by atoms with Gasteiger partial charge in [0.1, 0.15) is 5.75 Å². The molecule has 0 aliphatic rings. The predicted molar refractivity (Wildman–Crippen MR) is 69.7 cm³/mol. The lowest BCUT2D eigenvalue weighted by Gasteiger charge is -2.31. The molecule has 0 fully saturated rings. The third-order valence-electron chi connectivity index (χ3n) is 3.94. The van der Waals surface area contributed by atoms with Crippen LogP contribution in [0.3, 0.4) is 0 Å². The monoisotopic (exact) mass is 220 g/mol. The number of phenols is 1. The van der Waals surface area contributed by atoms with Crippen LogP contribution in [0.4, 0.5) is 0 Å². The number of aryl methyl sites for hydroxylation is 1. The smallest absolute Gasteiger partial charge is 0.115 e. The van der Waals surface area contributed by atoms with Crippen molar-refractivity contribution in [1.29, 1.82) is 0 Å². The summed E-state index contributed by atoms with van der Waals surface area (Å²) in [6.45, 7) is 9.28. The SMILES string of the molecule is CCC(C)C(C)(C)CCc1ccc(O)cc1. The highest BCUT2D eigenvalue weighted by Gasteiger charge is 2.23. The number of rotatable bonds is 5. The summed E-state index contributed by atoms with van der Waals surface area (Å²) < 4.78 is 0. The van der Waals surface area contributed by atoms with E-state index >= 15 is 0 Å². The van der Waals surface area contributed by atoms with E-state index in [-0.39, 0.29) is 0 Å². The maximum Gasteiger partial charge on any atom is 0.115 e. The van der Waals surface area contributed by atoms with Crippen molar-refractivity contribution in [3.05, 3.63) is 29.8 Å². The van der Waals surface area contributed by atoms with Crippen LogP contribution in [0.1, 0.15) is 46.1 Å². The Bertz CT molecular complexity index is 311. The molecule has 1 unspecified atom stereocenters. The lowest BCUT2D eigenvalue weighted by molar-refractivity contribution is 0.206. The highest BCUT2D eigenvalue weighted by molar-refractivity contribution is 5.25. The quantitative estimate of drug-likeness (QED) is 0.780. The Morgan fingerprint density at radius 3 is 2.25 bits per heavy atom. The van der Waals surface area contributed by atoms with Gasteiger partial charge in [0.15, 0.2) is 0 Å². The van der Waals surface area contributed by atoms with Gasteiger partial charge >= 0.3 is 0 Å². The van der Waals surface area contributed by atoms with Gasteiger partial charge in [0.25, 0.3) is 0 Å². The molecule has 0 amide bonds. The van der Waals surface area contributed by atoms with Crippen molar-refractivity contribution in [1.82, 2.24) is 0 Å². The molecule has 0 radical (unpaired) electrons. The molecule has 0 aliphatic heterocycles. The second kappa shape index (κ2) is 5.38. The van der Waals surface area contributed by atoms with E-state index in [1.54, 1.807) is 12.1 Å². The summed E-state index contributed by atoms with van der Waals surface area (Å²) >= 11 is 0. The van der Waals surface area contributed by atoms with E-state index in [1.807, 2.05) is 12.1 Å². The number of hydrogen-bond donors (Lipinski definition) is 1. The Kier molecular flexibility index (Phi) is 4.40. The second-order valence-electron chi connectivity index (χ2n) is 5.46. The third kappa shape index (κ3) is 3.55. The molecule has 0 heterocycles. The summed E-state index contributed by atoms with van der Waals surface area (Å²) in [5.41, 5.74) is 1.71. The first-order valence-corrected chi connectivity index (χ1v) is 6.23. The van der Waals surface area contributed by atoms with E-state index in [1.165, 1.54) is 18.4 Å². The molecule has 1 N–H and O–H groups in total. The molecule has 0 bridgehead atoms. The maximum atomic E-state index is 9.21. The largest absolute Gasteiger partial charge is 0.508 e. The fourth-order valence-corrected chi connectivity index (χ4v) is 1.93. The molecule has 1 heteroatoms. The van der Waals surface area contributed by atoms with Crippen molar-refractivity contribution in [3.8, 4) is 5.75 Å². The Balaban J connectivity index is 2.54. The van der Waals surface area contributed by atoms with Gasteiger partial charge in [-0.1, -0.05) is 46.2 Å². The summed E-state index contributed by atoms with van der Waals surface area (Å²) in [4.78, 5) is 0. The molecular weight excluding hydrogens is 196 g/mol. The first kappa shape index (κ1) is 13.1. The first-order chi connectivity index (χ1) is 7.45. The van der Waals surface area contributed by atoms with Crippen LogP contribution in [0, 0.1) is 11.3 Å². The van der Waals surface area contributed by atoms with Crippen LogP contribution in [0.5, 0.6) is 5.75 Å². The highest BCUT2D eigenvalue weighted by Crippen LogP contribution is 2.33. The summed E-state index contributed by atoms with van der Waals surface area (Å²) in [6.07, 6.45) is 3.53. The zero-order valence-electron chi connectivity index (χ0n) is 11.0. The van der Waals surface area contributed by atoms with Crippen LogP contribution >= 0.6 is 0 Å². The summed E-state index contributed by atoms with van der Waals surface area (Å²) in [5, 5.41) is 9.21. The average molecular weight is 220 g/mol. The van der Waals surface area contributed by atoms with E-state index < -0.39 is 0 Å². The van der Waals surface area contributed by atoms with Crippen molar-refractivity contribution < 1.29 is 5.11 Å². The number of benzene rings is 1. The van der Waals surface area contributed by atoms with Crippen molar-refractivity contribution in [2.75, 3.05) is 0 Å². The van der Waals surface area contributed by atoms with Crippen LogP contribution in [0.25, 0.3) is 0 Å². The molecule has 0 saturated carbocycles. The lowest BCUT2D eigenvalue weighted by Crippen LogP contribution is -2.21. The van der Waals surface area contributed by atoms with Gasteiger partial charge in [-0.25, -0.2) is 0 Å². The molecule has 0 saturated heterocycles.